The highest BCUT2D eigenvalue weighted by atomic mass is 79.9. The molecule has 1 heterocycles. The summed E-state index contributed by atoms with van der Waals surface area (Å²) in [7, 11) is 0. The van der Waals surface area contributed by atoms with Gasteiger partial charge < -0.3 is 23.8 Å². The van der Waals surface area contributed by atoms with Crippen LogP contribution in [0.3, 0.4) is 0 Å². The van der Waals surface area contributed by atoms with E-state index in [0.29, 0.717) is 18.5 Å². The van der Waals surface area contributed by atoms with Crippen molar-refractivity contribution in [3.63, 3.8) is 0 Å². The summed E-state index contributed by atoms with van der Waals surface area (Å²) in [6, 6.07) is 19.5. The Morgan fingerprint density at radius 1 is 1.06 bits per heavy atom. The number of esters is 1. The van der Waals surface area contributed by atoms with Crippen molar-refractivity contribution in [2.75, 3.05) is 5.33 Å². The van der Waals surface area contributed by atoms with Crippen LogP contribution in [0.2, 0.25) is 0 Å². The molecule has 0 aliphatic carbocycles. The molecule has 1 aliphatic heterocycles. The zero-order valence-corrected chi connectivity index (χ0v) is 20.6. The summed E-state index contributed by atoms with van der Waals surface area (Å²) < 4.78 is 24.0. The first-order valence-electron chi connectivity index (χ1n) is 10.8. The second-order valence-electron chi connectivity index (χ2n) is 8.14. The van der Waals surface area contributed by atoms with Crippen LogP contribution in [0, 0.1) is 0 Å². The smallest absolute Gasteiger partial charge is 0.303 e. The van der Waals surface area contributed by atoms with Crippen molar-refractivity contribution >= 4 is 28.1 Å². The molecule has 0 radical (unpaired) electrons. The third kappa shape index (κ3) is 7.92. The van der Waals surface area contributed by atoms with Crippen LogP contribution in [0.1, 0.15) is 31.9 Å². The fourth-order valence-electron chi connectivity index (χ4n) is 3.56. The van der Waals surface area contributed by atoms with Gasteiger partial charge in [-0.05, 0) is 25.0 Å². The van der Waals surface area contributed by atoms with Gasteiger partial charge in [-0.3, -0.25) is 4.79 Å². The van der Waals surface area contributed by atoms with Gasteiger partial charge in [0.05, 0.1) is 12.8 Å². The first kappa shape index (κ1) is 25.4. The number of nitrogens with zero attached hydrogens (tertiary/aromatic N) is 1. The molecule has 0 spiro atoms. The molecular formula is C25H30BrNO6. The Bertz CT molecular complexity index is 892. The number of benzene rings is 2. The normalized spacial score (nSPS) is 21.6. The highest BCUT2D eigenvalue weighted by molar-refractivity contribution is 9.09. The Balaban J connectivity index is 1.75. The van der Waals surface area contributed by atoms with Gasteiger partial charge >= 0.3 is 5.97 Å². The van der Waals surface area contributed by atoms with Crippen LogP contribution in [-0.2, 0) is 41.8 Å². The van der Waals surface area contributed by atoms with E-state index >= 15 is 0 Å². The monoisotopic (exact) mass is 519 g/mol. The molecule has 3 rings (SSSR count). The third-order valence-electron chi connectivity index (χ3n) is 4.96. The predicted molar refractivity (Wildman–Crippen MR) is 128 cm³/mol. The molecule has 0 N–H and O–H groups in total. The van der Waals surface area contributed by atoms with Crippen LogP contribution in [0.4, 0.5) is 0 Å². The molecule has 1 fully saturated rings. The minimum atomic E-state index is -0.873. The molecule has 7 nitrogen and oxygen atoms in total. The topological polar surface area (TPSA) is 75.6 Å². The lowest BCUT2D eigenvalue weighted by atomic mass is 10.0. The van der Waals surface area contributed by atoms with Gasteiger partial charge in [-0.2, -0.15) is 0 Å². The molecule has 178 valence electrons. The van der Waals surface area contributed by atoms with Gasteiger partial charge in [0.15, 0.2) is 5.79 Å². The number of ether oxygens (including phenoxy) is 4. The fraction of sp³-hybridized carbons (Fsp3) is 0.440. The number of halogens is 1. The van der Waals surface area contributed by atoms with Crippen LogP contribution in [-0.4, -0.2) is 47.7 Å². The molecular weight excluding hydrogens is 490 g/mol. The number of oxime groups is 1. The number of hydrogen-bond donors (Lipinski definition) is 0. The lowest BCUT2D eigenvalue weighted by Gasteiger charge is -2.31. The Hall–Kier alpha value is -2.26. The highest BCUT2D eigenvalue weighted by Crippen LogP contribution is 2.33. The second kappa shape index (κ2) is 12.3. The summed E-state index contributed by atoms with van der Waals surface area (Å²) in [5.74, 6) is -1.27. The van der Waals surface area contributed by atoms with E-state index in [9.17, 15) is 4.79 Å². The molecule has 1 saturated heterocycles. The highest BCUT2D eigenvalue weighted by Gasteiger charge is 2.48. The maximum atomic E-state index is 11.7. The van der Waals surface area contributed by atoms with E-state index < -0.39 is 36.2 Å². The minimum Gasteiger partial charge on any atom is -0.459 e. The molecule has 0 aromatic heterocycles. The van der Waals surface area contributed by atoms with Crippen LogP contribution in [0.25, 0.3) is 0 Å². The molecule has 2 aromatic carbocycles. The van der Waals surface area contributed by atoms with Crippen molar-refractivity contribution < 1.29 is 28.6 Å². The number of hydrogen-bond acceptors (Lipinski definition) is 7. The van der Waals surface area contributed by atoms with E-state index in [0.717, 1.165) is 11.1 Å². The zero-order chi connectivity index (χ0) is 23.7. The summed E-state index contributed by atoms with van der Waals surface area (Å²) in [6.07, 6.45) is -0.765. The summed E-state index contributed by atoms with van der Waals surface area (Å²) in [5.41, 5.74) is 2.00. The van der Waals surface area contributed by atoms with Crippen molar-refractivity contribution in [1.29, 1.82) is 0 Å². The number of carbonyl (C=O) groups is 1. The first-order valence-corrected chi connectivity index (χ1v) is 11.9. The van der Waals surface area contributed by atoms with Gasteiger partial charge in [-0.25, -0.2) is 0 Å². The Morgan fingerprint density at radius 2 is 1.67 bits per heavy atom. The largest absolute Gasteiger partial charge is 0.459 e. The summed E-state index contributed by atoms with van der Waals surface area (Å²) in [6.45, 7) is 5.68. The van der Waals surface area contributed by atoms with Gasteiger partial charge in [0.2, 0.25) is 0 Å². The summed E-state index contributed by atoms with van der Waals surface area (Å²) >= 11 is 3.44. The molecule has 0 bridgehead atoms. The molecule has 2 aromatic rings. The molecule has 0 saturated carbocycles. The maximum Gasteiger partial charge on any atom is 0.303 e. The van der Waals surface area contributed by atoms with E-state index in [1.165, 1.54) is 6.92 Å². The molecule has 0 unspecified atom stereocenters. The second-order valence-corrected chi connectivity index (χ2v) is 8.79. The van der Waals surface area contributed by atoms with E-state index in [4.69, 9.17) is 23.8 Å². The molecule has 4 atom stereocenters. The minimum absolute atomic E-state index is 0.324. The molecule has 1 aliphatic rings. The van der Waals surface area contributed by atoms with Crippen LogP contribution < -0.4 is 0 Å². The quantitative estimate of drug-likeness (QED) is 0.186. The average molecular weight is 520 g/mol. The number of rotatable bonds is 11. The molecule has 8 heteroatoms. The summed E-state index contributed by atoms with van der Waals surface area (Å²) in [5, 5.41) is 4.48. The fourth-order valence-corrected chi connectivity index (χ4v) is 4.06. The SMILES string of the molecule is CC(=O)O[C@H](CBr)[C@@H](OCc1ccccc1)[C@@H]1OC(C)(C)O[C@H]1/C=N\OCc1ccccc1. The standard InChI is InChI=1S/C25H30BrNO6/c1-18(28)31-21(14-26)23(29-16-19-10-6-4-7-11-19)24-22(32-25(2,3)33-24)15-27-30-17-20-12-8-5-9-13-20/h4-13,15,21-24H,14,16-17H2,1-3H3/b27-15-/t21-,22+,23-,24-/m1/s1. The Labute approximate surface area is 203 Å². The first-order chi connectivity index (χ1) is 15.9. The van der Waals surface area contributed by atoms with Crippen molar-refractivity contribution in [2.45, 2.75) is 64.2 Å². The molecule has 0 amide bonds. The lowest BCUT2D eigenvalue weighted by molar-refractivity contribution is -0.180. The van der Waals surface area contributed by atoms with Crippen molar-refractivity contribution in [2.24, 2.45) is 5.16 Å². The third-order valence-corrected chi connectivity index (χ3v) is 5.60. The van der Waals surface area contributed by atoms with E-state index in [2.05, 4.69) is 21.1 Å². The molecule has 33 heavy (non-hydrogen) atoms. The maximum absolute atomic E-state index is 11.7. The van der Waals surface area contributed by atoms with E-state index in [1.54, 1.807) is 6.21 Å². The Morgan fingerprint density at radius 3 is 2.24 bits per heavy atom. The van der Waals surface area contributed by atoms with Crippen molar-refractivity contribution in [3.8, 4) is 0 Å². The van der Waals surface area contributed by atoms with Gasteiger partial charge in [0, 0.05) is 12.3 Å². The summed E-state index contributed by atoms with van der Waals surface area (Å²) in [4.78, 5) is 17.2. The van der Waals surface area contributed by atoms with Crippen LogP contribution in [0.5, 0.6) is 0 Å². The van der Waals surface area contributed by atoms with Gasteiger partial charge in [0.1, 0.15) is 31.0 Å². The average Bonchev–Trinajstić information content (AvgIpc) is 3.11. The zero-order valence-electron chi connectivity index (χ0n) is 19.1. The van der Waals surface area contributed by atoms with E-state index in [-0.39, 0.29) is 0 Å². The number of carbonyl (C=O) groups excluding carboxylic acids is 1. The van der Waals surface area contributed by atoms with Crippen molar-refractivity contribution in [3.05, 3.63) is 71.8 Å². The van der Waals surface area contributed by atoms with Gasteiger partial charge in [-0.15, -0.1) is 0 Å². The Kier molecular flexibility index (Phi) is 9.43. The lowest BCUT2D eigenvalue weighted by Crippen LogP contribution is -2.48. The van der Waals surface area contributed by atoms with Crippen LogP contribution in [0.15, 0.2) is 65.8 Å². The van der Waals surface area contributed by atoms with Crippen LogP contribution >= 0.6 is 15.9 Å². The van der Waals surface area contributed by atoms with Crippen molar-refractivity contribution in [1.82, 2.24) is 0 Å². The van der Waals surface area contributed by atoms with Gasteiger partial charge in [0.25, 0.3) is 0 Å². The number of alkyl halides is 1. The predicted octanol–water partition coefficient (Wildman–Crippen LogP) is 4.62. The van der Waals surface area contributed by atoms with Gasteiger partial charge in [-0.1, -0.05) is 81.7 Å². The van der Waals surface area contributed by atoms with E-state index in [1.807, 2.05) is 74.5 Å².